The number of oxazole rings is 1. The number of nitrogens with two attached hydrogens (primary N) is 1. The fourth-order valence-corrected chi connectivity index (χ4v) is 3.98. The van der Waals surface area contributed by atoms with Crippen molar-refractivity contribution < 1.29 is 14.0 Å². The molecule has 1 aliphatic rings. The smallest absolute Gasteiger partial charge is 0.236 e. The van der Waals surface area contributed by atoms with Crippen LogP contribution < -0.4 is 11.1 Å². The topological polar surface area (TPSA) is 101 Å². The van der Waals surface area contributed by atoms with E-state index in [1.807, 2.05) is 29.3 Å². The Kier molecular flexibility index (Phi) is 10.7. The number of hydrogen-bond acceptors (Lipinski definition) is 6. The van der Waals surface area contributed by atoms with Crippen molar-refractivity contribution in [2.24, 2.45) is 5.73 Å². The monoisotopic (exact) mass is 462 g/mol. The van der Waals surface area contributed by atoms with Crippen LogP contribution in [0.25, 0.3) is 10.8 Å². The highest BCUT2D eigenvalue weighted by atomic mass is 35.5. The molecule has 1 saturated heterocycles. The highest BCUT2D eigenvalue weighted by Gasteiger charge is 2.28. The SMILES string of the molecule is Cc1oc(-c2cccs2)nc1CC(=O)N1CCCCC1CNC(=O)CCN.Cl.Cl. The van der Waals surface area contributed by atoms with Gasteiger partial charge in [0.1, 0.15) is 5.76 Å². The van der Waals surface area contributed by atoms with Crippen LogP contribution in [0.2, 0.25) is 0 Å². The molecule has 0 saturated carbocycles. The summed E-state index contributed by atoms with van der Waals surface area (Å²) in [5.74, 6) is 1.21. The number of amides is 2. The fraction of sp³-hybridized carbons (Fsp3) is 0.526. The first kappa shape index (κ1) is 25.4. The van der Waals surface area contributed by atoms with Gasteiger partial charge in [-0.15, -0.1) is 36.2 Å². The maximum Gasteiger partial charge on any atom is 0.236 e. The number of piperidine rings is 1. The predicted molar refractivity (Wildman–Crippen MR) is 119 cm³/mol. The Morgan fingerprint density at radius 1 is 1.38 bits per heavy atom. The van der Waals surface area contributed by atoms with E-state index in [4.69, 9.17) is 10.2 Å². The summed E-state index contributed by atoms with van der Waals surface area (Å²) in [7, 11) is 0. The summed E-state index contributed by atoms with van der Waals surface area (Å²) in [6.45, 7) is 3.36. The summed E-state index contributed by atoms with van der Waals surface area (Å²) in [5, 5.41) is 4.86. The molecule has 162 valence electrons. The lowest BCUT2D eigenvalue weighted by Crippen LogP contribution is -2.50. The molecule has 1 unspecified atom stereocenters. The molecule has 2 amide bonds. The Balaban J connectivity index is 0.00000210. The predicted octanol–water partition coefficient (Wildman–Crippen LogP) is 2.94. The van der Waals surface area contributed by atoms with E-state index in [1.54, 1.807) is 11.3 Å². The molecule has 0 radical (unpaired) electrons. The van der Waals surface area contributed by atoms with E-state index in [-0.39, 0.29) is 49.1 Å². The van der Waals surface area contributed by atoms with Gasteiger partial charge in [0, 0.05) is 32.1 Å². The van der Waals surface area contributed by atoms with Gasteiger partial charge >= 0.3 is 0 Å². The van der Waals surface area contributed by atoms with Crippen LogP contribution in [0.5, 0.6) is 0 Å². The third-order valence-corrected chi connectivity index (χ3v) is 5.65. The molecule has 3 heterocycles. The minimum atomic E-state index is -0.0663. The second-order valence-corrected chi connectivity index (χ2v) is 7.70. The van der Waals surface area contributed by atoms with Crippen LogP contribution in [-0.4, -0.2) is 47.4 Å². The number of likely N-dealkylation sites (tertiary alicyclic amines) is 1. The highest BCUT2D eigenvalue weighted by Crippen LogP contribution is 2.26. The average molecular weight is 463 g/mol. The number of nitrogens with one attached hydrogen (secondary N) is 1. The first-order chi connectivity index (χ1) is 13.1. The van der Waals surface area contributed by atoms with Crippen molar-refractivity contribution in [3.63, 3.8) is 0 Å². The fourth-order valence-electron chi connectivity index (χ4n) is 3.33. The van der Waals surface area contributed by atoms with Gasteiger partial charge in [0.25, 0.3) is 0 Å². The summed E-state index contributed by atoms with van der Waals surface area (Å²) in [4.78, 5) is 32.0. The Morgan fingerprint density at radius 2 is 2.17 bits per heavy atom. The third kappa shape index (κ3) is 6.70. The van der Waals surface area contributed by atoms with Crippen LogP contribution >= 0.6 is 36.2 Å². The molecule has 29 heavy (non-hydrogen) atoms. The normalized spacial score (nSPS) is 15.9. The molecular weight excluding hydrogens is 435 g/mol. The molecule has 7 nitrogen and oxygen atoms in total. The molecule has 1 aliphatic heterocycles. The molecule has 3 N–H and O–H groups in total. The molecular formula is C19H28Cl2N4O3S. The zero-order valence-electron chi connectivity index (χ0n) is 16.4. The second kappa shape index (κ2) is 12.2. The quantitative estimate of drug-likeness (QED) is 0.658. The van der Waals surface area contributed by atoms with Crippen molar-refractivity contribution in [1.29, 1.82) is 0 Å². The van der Waals surface area contributed by atoms with Gasteiger partial charge in [0.15, 0.2) is 0 Å². The molecule has 0 spiro atoms. The first-order valence-electron chi connectivity index (χ1n) is 9.35. The van der Waals surface area contributed by atoms with Gasteiger partial charge in [0.2, 0.25) is 17.7 Å². The van der Waals surface area contributed by atoms with Gasteiger partial charge < -0.3 is 20.4 Å². The zero-order chi connectivity index (χ0) is 19.2. The molecule has 2 aromatic heterocycles. The van der Waals surface area contributed by atoms with E-state index in [1.165, 1.54) is 0 Å². The standard InChI is InChI=1S/C19H26N4O3S.2ClH/c1-13-15(22-19(26-13)16-6-4-10-27-16)11-18(25)23-9-3-2-5-14(23)12-21-17(24)7-8-20;;/h4,6,10,14H,2-3,5,7-9,11-12,20H2,1H3,(H,21,24);2*1H. The minimum Gasteiger partial charge on any atom is -0.440 e. The van der Waals surface area contributed by atoms with Crippen LogP contribution in [0.3, 0.4) is 0 Å². The van der Waals surface area contributed by atoms with Crippen LogP contribution in [0.1, 0.15) is 37.1 Å². The number of carbonyl (C=O) groups excluding carboxylic acids is 2. The average Bonchev–Trinajstić information content (AvgIpc) is 3.31. The van der Waals surface area contributed by atoms with Gasteiger partial charge in [-0.1, -0.05) is 6.07 Å². The van der Waals surface area contributed by atoms with E-state index in [0.29, 0.717) is 43.4 Å². The van der Waals surface area contributed by atoms with Gasteiger partial charge in [-0.25, -0.2) is 4.98 Å². The van der Waals surface area contributed by atoms with E-state index in [0.717, 1.165) is 24.1 Å². The van der Waals surface area contributed by atoms with Crippen molar-refractivity contribution in [2.45, 2.75) is 45.1 Å². The van der Waals surface area contributed by atoms with Crippen LogP contribution in [0.15, 0.2) is 21.9 Å². The summed E-state index contributed by atoms with van der Waals surface area (Å²) >= 11 is 1.56. The van der Waals surface area contributed by atoms with Gasteiger partial charge in [-0.3, -0.25) is 9.59 Å². The lowest BCUT2D eigenvalue weighted by molar-refractivity contribution is -0.134. The lowest BCUT2D eigenvalue weighted by Gasteiger charge is -2.36. The van der Waals surface area contributed by atoms with Gasteiger partial charge in [-0.2, -0.15) is 0 Å². The number of aryl methyl sites for hydroxylation is 1. The molecule has 0 bridgehead atoms. The van der Waals surface area contributed by atoms with E-state index < -0.39 is 0 Å². The maximum absolute atomic E-state index is 12.9. The summed E-state index contributed by atoms with van der Waals surface area (Å²) in [6, 6.07) is 3.92. The van der Waals surface area contributed by atoms with E-state index in [2.05, 4.69) is 10.3 Å². The number of thiophene rings is 1. The summed E-state index contributed by atoms with van der Waals surface area (Å²) in [5.41, 5.74) is 6.09. The van der Waals surface area contributed by atoms with E-state index >= 15 is 0 Å². The third-order valence-electron chi connectivity index (χ3n) is 4.80. The number of rotatable bonds is 7. The Hall–Kier alpha value is -1.61. The number of carbonyl (C=O) groups is 2. The number of aromatic nitrogens is 1. The Bertz CT molecular complexity index is 783. The van der Waals surface area contributed by atoms with Crippen molar-refractivity contribution in [3.8, 4) is 10.8 Å². The van der Waals surface area contributed by atoms with Gasteiger partial charge in [-0.05, 0) is 37.6 Å². The first-order valence-corrected chi connectivity index (χ1v) is 10.2. The number of halogens is 2. The molecule has 3 rings (SSSR count). The van der Waals surface area contributed by atoms with Crippen LogP contribution in [0.4, 0.5) is 0 Å². The van der Waals surface area contributed by atoms with Crippen LogP contribution in [-0.2, 0) is 16.0 Å². The summed E-state index contributed by atoms with van der Waals surface area (Å²) in [6.07, 6.45) is 3.47. The van der Waals surface area contributed by atoms with Crippen molar-refractivity contribution in [1.82, 2.24) is 15.2 Å². The second-order valence-electron chi connectivity index (χ2n) is 6.76. The molecule has 1 fully saturated rings. The largest absolute Gasteiger partial charge is 0.440 e. The van der Waals surface area contributed by atoms with Crippen molar-refractivity contribution in [2.75, 3.05) is 19.6 Å². The minimum absolute atomic E-state index is 0. The van der Waals surface area contributed by atoms with Gasteiger partial charge in [0.05, 0.1) is 17.0 Å². The maximum atomic E-state index is 12.9. The van der Waals surface area contributed by atoms with Crippen molar-refractivity contribution >= 4 is 48.0 Å². The highest BCUT2D eigenvalue weighted by molar-refractivity contribution is 7.13. The van der Waals surface area contributed by atoms with E-state index in [9.17, 15) is 9.59 Å². The molecule has 10 heteroatoms. The molecule has 2 aromatic rings. The summed E-state index contributed by atoms with van der Waals surface area (Å²) < 4.78 is 5.74. The van der Waals surface area contributed by atoms with Crippen LogP contribution in [0, 0.1) is 6.92 Å². The Labute approximate surface area is 187 Å². The Morgan fingerprint density at radius 3 is 2.86 bits per heavy atom. The number of nitrogens with zero attached hydrogens (tertiary/aromatic N) is 2. The molecule has 0 aromatic carbocycles. The molecule has 1 atom stereocenters. The zero-order valence-corrected chi connectivity index (χ0v) is 18.8. The lowest BCUT2D eigenvalue weighted by atomic mass is 10.0. The molecule has 0 aliphatic carbocycles. The number of hydrogen-bond donors (Lipinski definition) is 2. The van der Waals surface area contributed by atoms with Crippen molar-refractivity contribution in [3.05, 3.63) is 29.0 Å².